The number of carbonyl (C=O) groups is 1. The van der Waals surface area contributed by atoms with E-state index in [0.717, 1.165) is 32.4 Å². The number of aliphatic hydroxyl groups is 1. The van der Waals surface area contributed by atoms with Crippen LogP contribution in [0.2, 0.25) is 0 Å². The maximum absolute atomic E-state index is 12.2. The van der Waals surface area contributed by atoms with Gasteiger partial charge in [-0.2, -0.15) is 0 Å². The van der Waals surface area contributed by atoms with Crippen molar-refractivity contribution in [1.82, 2.24) is 10.2 Å². The zero-order valence-corrected chi connectivity index (χ0v) is 11.3. The molecule has 0 aliphatic carbocycles. The lowest BCUT2D eigenvalue weighted by atomic mass is 10.0. The summed E-state index contributed by atoms with van der Waals surface area (Å²) in [7, 11) is 0. The van der Waals surface area contributed by atoms with E-state index in [1.807, 2.05) is 11.8 Å². The first-order chi connectivity index (χ1) is 8.06. The van der Waals surface area contributed by atoms with Crippen LogP contribution in [0.4, 0.5) is 0 Å². The van der Waals surface area contributed by atoms with Crippen LogP contribution in [0.5, 0.6) is 0 Å². The maximum Gasteiger partial charge on any atom is 0.239 e. The minimum absolute atomic E-state index is 0.0138. The van der Waals surface area contributed by atoms with Gasteiger partial charge in [-0.05, 0) is 46.1 Å². The van der Waals surface area contributed by atoms with Crippen molar-refractivity contribution in [3.8, 4) is 0 Å². The summed E-state index contributed by atoms with van der Waals surface area (Å²) in [6.07, 6.45) is 3.36. The number of hydrogen-bond donors (Lipinski definition) is 2. The monoisotopic (exact) mass is 242 g/mol. The van der Waals surface area contributed by atoms with Gasteiger partial charge in [-0.25, -0.2) is 0 Å². The Morgan fingerprint density at radius 1 is 1.53 bits per heavy atom. The summed E-state index contributed by atoms with van der Waals surface area (Å²) in [5.74, 6) is 0.206. The van der Waals surface area contributed by atoms with E-state index >= 15 is 0 Å². The average Bonchev–Trinajstić information content (AvgIpc) is 2.26. The minimum Gasteiger partial charge on any atom is -0.393 e. The Hall–Kier alpha value is -0.610. The molecule has 0 aromatic heterocycles. The van der Waals surface area contributed by atoms with E-state index < -0.39 is 0 Å². The molecular formula is C13H26N2O2. The Bertz CT molecular complexity index is 244. The van der Waals surface area contributed by atoms with E-state index in [4.69, 9.17) is 0 Å². The van der Waals surface area contributed by atoms with E-state index in [-0.39, 0.29) is 24.1 Å². The number of nitrogens with one attached hydrogen (secondary N) is 1. The molecule has 0 radical (unpaired) electrons. The van der Waals surface area contributed by atoms with Crippen molar-refractivity contribution >= 4 is 5.91 Å². The van der Waals surface area contributed by atoms with E-state index in [1.54, 1.807) is 6.92 Å². The molecule has 1 heterocycles. The van der Waals surface area contributed by atoms with Crippen molar-refractivity contribution in [2.45, 2.75) is 64.6 Å². The highest BCUT2D eigenvalue weighted by Gasteiger charge is 2.31. The van der Waals surface area contributed by atoms with Gasteiger partial charge in [-0.3, -0.25) is 4.79 Å². The van der Waals surface area contributed by atoms with Crippen LogP contribution in [-0.4, -0.2) is 47.2 Å². The van der Waals surface area contributed by atoms with Crippen LogP contribution in [0.1, 0.15) is 46.5 Å². The van der Waals surface area contributed by atoms with Crippen LogP contribution in [0.3, 0.4) is 0 Å². The van der Waals surface area contributed by atoms with E-state index in [2.05, 4.69) is 12.2 Å². The zero-order valence-electron chi connectivity index (χ0n) is 11.3. The lowest BCUT2D eigenvalue weighted by Gasteiger charge is -2.37. The molecule has 1 aliphatic heterocycles. The first-order valence-corrected chi connectivity index (χ1v) is 6.78. The number of aliphatic hydroxyl groups excluding tert-OH is 1. The first-order valence-electron chi connectivity index (χ1n) is 6.78. The Kier molecular flexibility index (Phi) is 5.92. The third-order valence-electron chi connectivity index (χ3n) is 3.33. The first kappa shape index (κ1) is 14.5. The molecule has 1 saturated heterocycles. The van der Waals surface area contributed by atoms with E-state index in [9.17, 15) is 9.90 Å². The Labute approximate surface area is 104 Å². The summed E-state index contributed by atoms with van der Waals surface area (Å²) in [4.78, 5) is 14.2. The van der Waals surface area contributed by atoms with Crippen LogP contribution in [0.25, 0.3) is 0 Å². The highest BCUT2D eigenvalue weighted by atomic mass is 16.3. The van der Waals surface area contributed by atoms with Crippen molar-refractivity contribution in [1.29, 1.82) is 0 Å². The van der Waals surface area contributed by atoms with Gasteiger partial charge in [0.2, 0.25) is 5.91 Å². The maximum atomic E-state index is 12.2. The van der Waals surface area contributed by atoms with Crippen LogP contribution in [0.15, 0.2) is 0 Å². The number of nitrogens with zero attached hydrogens (tertiary/aromatic N) is 1. The number of carbonyl (C=O) groups excluding carboxylic acids is 1. The van der Waals surface area contributed by atoms with Gasteiger partial charge in [0.1, 0.15) is 0 Å². The SMILES string of the molecule is CCCNC1CCCN(C(C)CC(C)O)C1=O. The molecule has 1 aliphatic rings. The van der Waals surface area contributed by atoms with E-state index in [1.165, 1.54) is 0 Å². The molecule has 100 valence electrons. The van der Waals surface area contributed by atoms with Crippen molar-refractivity contribution in [2.75, 3.05) is 13.1 Å². The summed E-state index contributed by atoms with van der Waals surface area (Å²) < 4.78 is 0. The lowest BCUT2D eigenvalue weighted by Crippen LogP contribution is -2.54. The van der Waals surface area contributed by atoms with Crippen molar-refractivity contribution in [3.05, 3.63) is 0 Å². The molecule has 1 amide bonds. The largest absolute Gasteiger partial charge is 0.393 e. The van der Waals surface area contributed by atoms with Crippen molar-refractivity contribution < 1.29 is 9.90 Å². The quantitative estimate of drug-likeness (QED) is 0.734. The second-order valence-corrected chi connectivity index (χ2v) is 5.11. The molecule has 0 spiro atoms. The van der Waals surface area contributed by atoms with Crippen molar-refractivity contribution in [3.63, 3.8) is 0 Å². The van der Waals surface area contributed by atoms with Crippen LogP contribution >= 0.6 is 0 Å². The highest BCUT2D eigenvalue weighted by Crippen LogP contribution is 2.17. The molecule has 0 aromatic rings. The number of amides is 1. The van der Waals surface area contributed by atoms with Crippen LogP contribution in [0, 0.1) is 0 Å². The molecule has 4 heteroatoms. The molecule has 0 saturated carbocycles. The standard InChI is InChI=1S/C13H26N2O2/c1-4-7-14-12-6-5-8-15(13(12)17)10(2)9-11(3)16/h10-12,14,16H,4-9H2,1-3H3. The van der Waals surface area contributed by atoms with Gasteiger partial charge >= 0.3 is 0 Å². The number of hydrogen-bond acceptors (Lipinski definition) is 3. The van der Waals surface area contributed by atoms with Gasteiger partial charge in [-0.1, -0.05) is 6.92 Å². The second kappa shape index (κ2) is 6.97. The van der Waals surface area contributed by atoms with E-state index in [0.29, 0.717) is 6.42 Å². The third kappa shape index (κ3) is 4.28. The van der Waals surface area contributed by atoms with Crippen molar-refractivity contribution in [2.24, 2.45) is 0 Å². The highest BCUT2D eigenvalue weighted by molar-refractivity contribution is 5.82. The average molecular weight is 242 g/mol. The summed E-state index contributed by atoms with van der Waals surface area (Å²) >= 11 is 0. The second-order valence-electron chi connectivity index (χ2n) is 5.11. The summed E-state index contributed by atoms with van der Waals surface area (Å²) in [5.41, 5.74) is 0. The van der Waals surface area contributed by atoms with Gasteiger partial charge in [0.05, 0.1) is 12.1 Å². The Morgan fingerprint density at radius 2 is 2.24 bits per heavy atom. The normalized spacial score (nSPS) is 24.8. The fourth-order valence-electron chi connectivity index (χ4n) is 2.47. The summed E-state index contributed by atoms with van der Waals surface area (Å²) in [6.45, 7) is 7.63. The van der Waals surface area contributed by atoms with Gasteiger partial charge < -0.3 is 15.3 Å². The van der Waals surface area contributed by atoms with Gasteiger partial charge in [0.15, 0.2) is 0 Å². The molecule has 1 rings (SSSR count). The van der Waals surface area contributed by atoms with Gasteiger partial charge in [0, 0.05) is 12.6 Å². The zero-order chi connectivity index (χ0) is 12.8. The number of piperidine rings is 1. The van der Waals surface area contributed by atoms with Gasteiger partial charge in [0.25, 0.3) is 0 Å². The fraction of sp³-hybridized carbons (Fsp3) is 0.923. The third-order valence-corrected chi connectivity index (χ3v) is 3.33. The predicted octanol–water partition coefficient (Wildman–Crippen LogP) is 1.14. The predicted molar refractivity (Wildman–Crippen MR) is 68.8 cm³/mol. The molecule has 1 fully saturated rings. The molecule has 4 nitrogen and oxygen atoms in total. The molecule has 0 aromatic carbocycles. The molecule has 3 atom stereocenters. The molecule has 17 heavy (non-hydrogen) atoms. The smallest absolute Gasteiger partial charge is 0.239 e. The topological polar surface area (TPSA) is 52.6 Å². The molecule has 2 N–H and O–H groups in total. The summed E-state index contributed by atoms with van der Waals surface area (Å²) in [6, 6.07) is 0.119. The fourth-order valence-corrected chi connectivity index (χ4v) is 2.47. The summed E-state index contributed by atoms with van der Waals surface area (Å²) in [5, 5.41) is 12.7. The lowest BCUT2D eigenvalue weighted by molar-refractivity contribution is -0.138. The molecule has 0 bridgehead atoms. The molecule has 3 unspecified atom stereocenters. The number of likely N-dealkylation sites (tertiary alicyclic amines) is 1. The molecular weight excluding hydrogens is 216 g/mol. The number of rotatable bonds is 6. The van der Waals surface area contributed by atoms with Crippen LogP contribution < -0.4 is 5.32 Å². The Balaban J connectivity index is 2.52. The van der Waals surface area contributed by atoms with Gasteiger partial charge in [-0.15, -0.1) is 0 Å². The minimum atomic E-state index is -0.346. The Morgan fingerprint density at radius 3 is 2.82 bits per heavy atom. The van der Waals surface area contributed by atoms with Crippen LogP contribution in [-0.2, 0) is 4.79 Å².